The summed E-state index contributed by atoms with van der Waals surface area (Å²) >= 11 is 0. The minimum Gasteiger partial charge on any atom is -0.384 e. The van der Waals surface area contributed by atoms with Crippen LogP contribution in [0.4, 0.5) is 45.2 Å². The van der Waals surface area contributed by atoms with Gasteiger partial charge in [-0.25, -0.2) is 47.9 Å². The van der Waals surface area contributed by atoms with E-state index in [0.717, 1.165) is 130 Å². The summed E-state index contributed by atoms with van der Waals surface area (Å²) in [6, 6.07) is 51.4. The fourth-order valence-electron chi connectivity index (χ4n) is 12.2. The van der Waals surface area contributed by atoms with Gasteiger partial charge in [-0.15, -0.1) is 0 Å². The number of benzene rings is 9. The van der Waals surface area contributed by atoms with Crippen LogP contribution in [-0.2, 0) is 29.1 Å². The van der Waals surface area contributed by atoms with E-state index in [2.05, 4.69) is 143 Å². The Hall–Kier alpha value is -8.02. The molecule has 9 aromatic carbocycles. The molecule has 1 heterocycles. The van der Waals surface area contributed by atoms with Gasteiger partial charge in [-0.2, -0.15) is 0 Å². The number of rotatable bonds is 24. The maximum Gasteiger partial charge on any atom is 0.147 e. The molecule has 16 heteroatoms. The molecule has 118 heavy (non-hydrogen) atoms. The molecule has 6 nitrogen and oxygen atoms in total. The third-order valence-corrected chi connectivity index (χ3v) is 20.4. The standard InChI is InChI=1S/C16H24FN.C14H22FN.C13H21FN2.C12H17FO2S.2C10H13F.3C9H11F/c1-13(2)15-10-14(11-16(17)12-15)6-5-9-18-7-3-4-8-18;1-11(2)13-8-12(9-14(15)10-13)6-5-7-16(3)4;1-10(2)11-7-12(14)9-13(8-11)15-5-6-16(3)4;1-9(2)11-6-10(7-12(13)8-11)4-5-16(3,14)15;2*1-7(2)9-4-8(3)5-10(11)6-9;1-7(2)8-3-5-9(10)6-4-8;1-7(2)8-4-3-5-9(10)6-8;1-7(2)8-5-3-4-6-9(8)10/h10-13H,3-9H2,1-2H3;8-11H,5-7H2,1-4H3;7-10,15H,5-6H2,1-4H3;6-9H,4-5H2,1-3H3;2*4-7H,1-3H3;3*3-7H,1-2H3. The Labute approximate surface area is 707 Å². The number of sulfone groups is 1. The summed E-state index contributed by atoms with van der Waals surface area (Å²) < 4.78 is 139. The van der Waals surface area contributed by atoms with Crippen molar-refractivity contribution < 1.29 is 47.9 Å². The average molecular weight is 1660 g/mol. The van der Waals surface area contributed by atoms with Crippen LogP contribution in [-0.4, -0.2) is 103 Å². The van der Waals surface area contributed by atoms with E-state index in [1.54, 1.807) is 78.9 Å². The maximum atomic E-state index is 13.5. The Morgan fingerprint density at radius 1 is 0.347 bits per heavy atom. The van der Waals surface area contributed by atoms with Crippen LogP contribution in [0.5, 0.6) is 0 Å². The lowest BCUT2D eigenvalue weighted by molar-refractivity contribution is 0.334. The number of likely N-dealkylation sites (tertiary alicyclic amines) is 1. The molecule has 10 rings (SSSR count). The second kappa shape index (κ2) is 55.7. The summed E-state index contributed by atoms with van der Waals surface area (Å²) in [6.45, 7) is 47.3. The smallest absolute Gasteiger partial charge is 0.147 e. The van der Waals surface area contributed by atoms with Gasteiger partial charge in [0.15, 0.2) is 0 Å². The molecule has 0 spiro atoms. The lowest BCUT2D eigenvalue weighted by Crippen LogP contribution is -2.20. The molecule has 1 aliphatic heterocycles. The average Bonchev–Trinajstić information content (AvgIpc) is 1.09. The van der Waals surface area contributed by atoms with Crippen molar-refractivity contribution in [2.24, 2.45) is 0 Å². The molecular weight excluding hydrogens is 1520 g/mol. The van der Waals surface area contributed by atoms with Gasteiger partial charge in [0.1, 0.15) is 62.2 Å². The van der Waals surface area contributed by atoms with Crippen LogP contribution in [0.1, 0.15) is 281 Å². The van der Waals surface area contributed by atoms with Crippen molar-refractivity contribution in [3.05, 3.63) is 312 Å². The molecule has 0 aromatic heterocycles. The summed E-state index contributed by atoms with van der Waals surface area (Å²) in [6.07, 6.45) is 8.42. The number of hydrogen-bond acceptors (Lipinski definition) is 6. The Morgan fingerprint density at radius 3 is 1.07 bits per heavy atom. The van der Waals surface area contributed by atoms with Crippen molar-refractivity contribution >= 4 is 15.5 Å². The minimum absolute atomic E-state index is 0.0635. The van der Waals surface area contributed by atoms with Gasteiger partial charge in [0.25, 0.3) is 0 Å². The van der Waals surface area contributed by atoms with E-state index >= 15 is 0 Å². The fraction of sp³-hybridized carbons (Fsp3) is 0.471. The van der Waals surface area contributed by atoms with Gasteiger partial charge in [0, 0.05) is 25.0 Å². The Balaban J connectivity index is 0.000000454. The van der Waals surface area contributed by atoms with E-state index in [1.807, 2.05) is 110 Å². The quantitative estimate of drug-likeness (QED) is 0.0609. The van der Waals surface area contributed by atoms with Crippen LogP contribution in [0.15, 0.2) is 182 Å². The monoisotopic (exact) mass is 1660 g/mol. The zero-order valence-corrected chi connectivity index (χ0v) is 76.7. The van der Waals surface area contributed by atoms with E-state index in [-0.39, 0.29) is 69.9 Å². The molecule has 1 N–H and O–H groups in total. The van der Waals surface area contributed by atoms with E-state index in [1.165, 1.54) is 74.1 Å². The second-order valence-corrected chi connectivity index (χ2v) is 36.5. The minimum atomic E-state index is -2.99. The van der Waals surface area contributed by atoms with Gasteiger partial charge in [-0.1, -0.05) is 197 Å². The Morgan fingerprint density at radius 2 is 0.712 bits per heavy atom. The molecule has 1 aliphatic rings. The van der Waals surface area contributed by atoms with Gasteiger partial charge in [-0.3, -0.25) is 0 Å². The predicted octanol–water partition coefficient (Wildman–Crippen LogP) is 28.2. The van der Waals surface area contributed by atoms with Crippen LogP contribution in [0.3, 0.4) is 0 Å². The van der Waals surface area contributed by atoms with Gasteiger partial charge < -0.3 is 20.0 Å². The van der Waals surface area contributed by atoms with E-state index < -0.39 is 9.84 Å². The number of nitrogens with zero attached hydrogens (tertiary/aromatic N) is 3. The number of likely N-dealkylation sites (N-methyl/N-ethyl adjacent to an activating group) is 1. The first-order chi connectivity index (χ1) is 55.2. The first kappa shape index (κ1) is 106. The molecular formula is C102H143F9N4O2S. The van der Waals surface area contributed by atoms with E-state index in [4.69, 9.17) is 0 Å². The highest BCUT2D eigenvalue weighted by molar-refractivity contribution is 7.90. The number of hydrogen-bond donors (Lipinski definition) is 1. The molecule has 652 valence electrons. The van der Waals surface area contributed by atoms with E-state index in [9.17, 15) is 47.9 Å². The zero-order chi connectivity index (χ0) is 89.1. The number of aryl methyl sites for hydroxylation is 5. The van der Waals surface area contributed by atoms with Crippen molar-refractivity contribution in [2.75, 3.05) is 84.8 Å². The van der Waals surface area contributed by atoms with Crippen molar-refractivity contribution in [3.63, 3.8) is 0 Å². The SMILES string of the molecule is CC(C)c1cc(F)cc(CCCN(C)C)c1.CC(C)c1cc(F)cc(CCCN2CCCC2)c1.CC(C)c1cc(F)cc(CCS(C)(=O)=O)c1.CC(C)c1cc(F)cc(NCCN(C)C)c1.CC(C)c1ccc(F)cc1.CC(C)c1cccc(F)c1.CC(C)c1ccccc1F.Cc1cc(F)cc(C(C)C)c1.Cc1cc(F)cc(C(C)C)c1. The molecule has 0 aliphatic carbocycles. The largest absolute Gasteiger partial charge is 0.384 e. The highest BCUT2D eigenvalue weighted by Gasteiger charge is 2.14. The molecule has 0 saturated carbocycles. The van der Waals surface area contributed by atoms with Gasteiger partial charge in [0.05, 0.1) is 5.75 Å². The van der Waals surface area contributed by atoms with Crippen molar-refractivity contribution in [2.45, 2.75) is 237 Å². The molecule has 1 fully saturated rings. The van der Waals surface area contributed by atoms with Crippen molar-refractivity contribution in [1.29, 1.82) is 0 Å². The molecule has 0 amide bonds. The number of halogens is 9. The first-order valence-corrected chi connectivity index (χ1v) is 44.2. The van der Waals surface area contributed by atoms with Crippen molar-refractivity contribution in [3.8, 4) is 0 Å². The summed E-state index contributed by atoms with van der Waals surface area (Å²) in [5.74, 6) is 2.12. The topological polar surface area (TPSA) is 55.9 Å². The zero-order valence-electron chi connectivity index (χ0n) is 75.9. The summed E-state index contributed by atoms with van der Waals surface area (Å²) in [4.78, 5) is 6.76. The highest BCUT2D eigenvalue weighted by Crippen LogP contribution is 2.26. The van der Waals surface area contributed by atoms with Gasteiger partial charge >= 0.3 is 0 Å². The van der Waals surface area contributed by atoms with E-state index in [0.29, 0.717) is 47.8 Å². The maximum absolute atomic E-state index is 13.5. The van der Waals surface area contributed by atoms with Crippen LogP contribution in [0, 0.1) is 66.2 Å². The van der Waals surface area contributed by atoms with Gasteiger partial charge in [-0.05, 0) is 354 Å². The Kier molecular flexibility index (Phi) is 50.1. The van der Waals surface area contributed by atoms with Crippen LogP contribution in [0.25, 0.3) is 0 Å². The normalized spacial score (nSPS) is 11.9. The predicted molar refractivity (Wildman–Crippen MR) is 485 cm³/mol. The lowest BCUT2D eigenvalue weighted by Gasteiger charge is -2.14. The fourth-order valence-corrected chi connectivity index (χ4v) is 12.8. The molecule has 0 atom stereocenters. The molecule has 0 unspecified atom stereocenters. The lowest BCUT2D eigenvalue weighted by atomic mass is 9.98. The molecule has 0 bridgehead atoms. The first-order valence-electron chi connectivity index (χ1n) is 42.1. The van der Waals surface area contributed by atoms with Crippen LogP contribution >= 0.6 is 0 Å². The summed E-state index contributed by atoms with van der Waals surface area (Å²) in [5.41, 5.74) is 15.2. The molecule has 0 radical (unpaired) electrons. The molecule has 1 saturated heterocycles. The van der Waals surface area contributed by atoms with Crippen molar-refractivity contribution in [1.82, 2.24) is 14.7 Å². The summed E-state index contributed by atoms with van der Waals surface area (Å²) in [7, 11) is 5.17. The molecule has 9 aromatic rings. The number of anilines is 1. The van der Waals surface area contributed by atoms with Gasteiger partial charge in [0.2, 0.25) is 0 Å². The Bertz CT molecular complexity index is 4250. The van der Waals surface area contributed by atoms with Crippen LogP contribution in [0.2, 0.25) is 0 Å². The van der Waals surface area contributed by atoms with Crippen LogP contribution < -0.4 is 5.32 Å². The highest BCUT2D eigenvalue weighted by atomic mass is 32.2. The summed E-state index contributed by atoms with van der Waals surface area (Å²) in [5, 5.41) is 3.23. The third kappa shape index (κ3) is 47.1. The number of nitrogens with one attached hydrogen (secondary N) is 1. The third-order valence-electron chi connectivity index (χ3n) is 19.4. The second-order valence-electron chi connectivity index (χ2n) is 34.3.